The average molecular weight is 302 g/mol. The van der Waals surface area contributed by atoms with E-state index in [4.69, 9.17) is 0 Å². The number of nitrogens with zero attached hydrogens (tertiary/aromatic N) is 2. The van der Waals surface area contributed by atoms with Crippen LogP contribution in [0.4, 0.5) is 10.8 Å². The summed E-state index contributed by atoms with van der Waals surface area (Å²) >= 11 is 1.42. The van der Waals surface area contributed by atoms with Crippen LogP contribution in [-0.2, 0) is 0 Å². The highest BCUT2D eigenvalue weighted by Gasteiger charge is 2.18. The second-order valence-electron chi connectivity index (χ2n) is 5.21. The van der Waals surface area contributed by atoms with Crippen LogP contribution >= 0.6 is 11.3 Å². The molecule has 0 atom stereocenters. The number of carbonyl (C=O) groups is 1. The molecule has 0 radical (unpaired) electrons. The van der Waals surface area contributed by atoms with Crippen molar-refractivity contribution in [2.24, 2.45) is 0 Å². The zero-order valence-electron chi connectivity index (χ0n) is 11.7. The third-order valence-corrected chi connectivity index (χ3v) is 4.35. The summed E-state index contributed by atoms with van der Waals surface area (Å²) in [6.45, 7) is 0. The Balaban J connectivity index is 1.60. The summed E-state index contributed by atoms with van der Waals surface area (Å²) in [5.41, 5.74) is 1.35. The summed E-state index contributed by atoms with van der Waals surface area (Å²) in [4.78, 5) is 20.5. The van der Waals surface area contributed by atoms with Crippen LogP contribution in [0.2, 0.25) is 0 Å². The zero-order valence-corrected chi connectivity index (χ0v) is 12.5. The Bertz CT molecular complexity index is 593. The molecule has 0 spiro atoms. The van der Waals surface area contributed by atoms with Gasteiger partial charge in [-0.05, 0) is 25.0 Å². The number of rotatable bonds is 4. The van der Waals surface area contributed by atoms with Crippen molar-refractivity contribution in [2.75, 3.05) is 5.32 Å². The van der Waals surface area contributed by atoms with Gasteiger partial charge in [0.1, 0.15) is 5.69 Å². The van der Waals surface area contributed by atoms with Gasteiger partial charge < -0.3 is 10.6 Å². The molecule has 21 heavy (non-hydrogen) atoms. The van der Waals surface area contributed by atoms with E-state index >= 15 is 0 Å². The lowest BCUT2D eigenvalue weighted by molar-refractivity contribution is 0.0923. The van der Waals surface area contributed by atoms with E-state index in [1.165, 1.54) is 30.6 Å². The molecule has 0 bridgehead atoms. The highest BCUT2D eigenvalue weighted by atomic mass is 32.1. The number of carbonyl (C=O) groups excluding carboxylic acids is 1. The van der Waals surface area contributed by atoms with Crippen molar-refractivity contribution in [2.45, 2.75) is 38.1 Å². The molecule has 6 heteroatoms. The maximum Gasteiger partial charge on any atom is 0.271 e. The fourth-order valence-corrected chi connectivity index (χ4v) is 3.21. The quantitative estimate of drug-likeness (QED) is 0.909. The van der Waals surface area contributed by atoms with Crippen LogP contribution in [0.3, 0.4) is 0 Å². The molecule has 1 aliphatic carbocycles. The minimum Gasteiger partial charge on any atom is -0.348 e. The maximum absolute atomic E-state index is 12.2. The molecular weight excluding hydrogens is 284 g/mol. The lowest BCUT2D eigenvalue weighted by atomic mass is 9.95. The first kappa shape index (κ1) is 14.0. The fourth-order valence-electron chi connectivity index (χ4n) is 2.50. The fraction of sp³-hybridized carbons (Fsp3) is 0.400. The van der Waals surface area contributed by atoms with Crippen LogP contribution in [-0.4, -0.2) is 21.9 Å². The van der Waals surface area contributed by atoms with Gasteiger partial charge in [0.05, 0.1) is 11.9 Å². The second-order valence-corrected chi connectivity index (χ2v) is 6.07. The summed E-state index contributed by atoms with van der Waals surface area (Å²) in [6, 6.07) is 4.07. The normalized spacial score (nSPS) is 15.6. The SMILES string of the molecule is O=C(NC1CCCCC1)c1csc(Nc2cccnc2)n1. The van der Waals surface area contributed by atoms with Crippen LogP contribution in [0.1, 0.15) is 42.6 Å². The van der Waals surface area contributed by atoms with Gasteiger partial charge in [0.15, 0.2) is 5.13 Å². The van der Waals surface area contributed by atoms with Gasteiger partial charge in [0, 0.05) is 17.6 Å². The third-order valence-electron chi connectivity index (χ3n) is 3.59. The van der Waals surface area contributed by atoms with E-state index in [2.05, 4.69) is 20.6 Å². The molecule has 1 fully saturated rings. The Labute approximate surface area is 127 Å². The summed E-state index contributed by atoms with van der Waals surface area (Å²) in [5.74, 6) is -0.0719. The predicted molar refractivity (Wildman–Crippen MR) is 84.0 cm³/mol. The number of thiazole rings is 1. The average Bonchev–Trinajstić information content (AvgIpc) is 2.98. The molecule has 1 saturated carbocycles. The second kappa shape index (κ2) is 6.67. The van der Waals surface area contributed by atoms with E-state index in [-0.39, 0.29) is 5.91 Å². The van der Waals surface area contributed by atoms with Gasteiger partial charge in [0.2, 0.25) is 0 Å². The Hall–Kier alpha value is -1.95. The first-order chi connectivity index (χ1) is 10.3. The van der Waals surface area contributed by atoms with Crippen molar-refractivity contribution in [1.82, 2.24) is 15.3 Å². The van der Waals surface area contributed by atoms with Crippen LogP contribution in [0.5, 0.6) is 0 Å². The zero-order chi connectivity index (χ0) is 14.5. The van der Waals surface area contributed by atoms with Crippen LogP contribution in [0.25, 0.3) is 0 Å². The number of nitrogens with one attached hydrogen (secondary N) is 2. The maximum atomic E-state index is 12.2. The van der Waals surface area contributed by atoms with Gasteiger partial charge in [-0.25, -0.2) is 4.98 Å². The molecule has 3 rings (SSSR count). The van der Waals surface area contributed by atoms with Crippen LogP contribution in [0.15, 0.2) is 29.9 Å². The molecule has 110 valence electrons. The number of aromatic nitrogens is 2. The summed E-state index contributed by atoms with van der Waals surface area (Å²) in [6.07, 6.45) is 9.29. The van der Waals surface area contributed by atoms with Crippen LogP contribution in [0, 0.1) is 0 Å². The number of hydrogen-bond donors (Lipinski definition) is 2. The van der Waals surface area contributed by atoms with Crippen molar-refractivity contribution in [1.29, 1.82) is 0 Å². The molecule has 1 amide bonds. The third kappa shape index (κ3) is 3.78. The number of amides is 1. The van der Waals surface area contributed by atoms with Gasteiger partial charge in [0.25, 0.3) is 5.91 Å². The molecule has 0 aromatic carbocycles. The highest BCUT2D eigenvalue weighted by molar-refractivity contribution is 7.14. The molecule has 2 aromatic heterocycles. The van der Waals surface area contributed by atoms with E-state index in [1.807, 2.05) is 12.1 Å². The van der Waals surface area contributed by atoms with E-state index in [0.29, 0.717) is 16.9 Å². The molecule has 0 unspecified atom stereocenters. The smallest absolute Gasteiger partial charge is 0.271 e. The van der Waals surface area contributed by atoms with Gasteiger partial charge in [-0.1, -0.05) is 19.3 Å². The standard InChI is InChI=1S/C15H18N4OS/c20-14(17-11-5-2-1-3-6-11)13-10-21-15(19-13)18-12-7-4-8-16-9-12/h4,7-11H,1-3,5-6H2,(H,17,20)(H,18,19). The Morgan fingerprint density at radius 3 is 2.90 bits per heavy atom. The van der Waals surface area contributed by atoms with Crippen molar-refractivity contribution >= 4 is 28.1 Å². The lowest BCUT2D eigenvalue weighted by Gasteiger charge is -2.22. The number of anilines is 2. The summed E-state index contributed by atoms with van der Waals surface area (Å²) in [5, 5.41) is 8.72. The van der Waals surface area contributed by atoms with E-state index in [9.17, 15) is 4.79 Å². The first-order valence-electron chi connectivity index (χ1n) is 7.25. The minimum absolute atomic E-state index is 0.0719. The molecule has 0 saturated heterocycles. The first-order valence-corrected chi connectivity index (χ1v) is 8.13. The molecule has 2 N–H and O–H groups in total. The summed E-state index contributed by atoms with van der Waals surface area (Å²) < 4.78 is 0. The van der Waals surface area contributed by atoms with E-state index < -0.39 is 0 Å². The molecule has 5 nitrogen and oxygen atoms in total. The summed E-state index contributed by atoms with van der Waals surface area (Å²) in [7, 11) is 0. The van der Waals surface area contributed by atoms with E-state index in [1.54, 1.807) is 17.8 Å². The Morgan fingerprint density at radius 2 is 2.14 bits per heavy atom. The van der Waals surface area contributed by atoms with Gasteiger partial charge >= 0.3 is 0 Å². The van der Waals surface area contributed by atoms with Crippen molar-refractivity contribution in [3.05, 3.63) is 35.6 Å². The van der Waals surface area contributed by atoms with E-state index in [0.717, 1.165) is 18.5 Å². The molecule has 2 aromatic rings. The Morgan fingerprint density at radius 1 is 1.29 bits per heavy atom. The molecule has 2 heterocycles. The molecule has 1 aliphatic rings. The monoisotopic (exact) mass is 302 g/mol. The van der Waals surface area contributed by atoms with Crippen molar-refractivity contribution < 1.29 is 4.79 Å². The van der Waals surface area contributed by atoms with Gasteiger partial charge in [-0.2, -0.15) is 0 Å². The molecule has 0 aliphatic heterocycles. The number of hydrogen-bond acceptors (Lipinski definition) is 5. The minimum atomic E-state index is -0.0719. The highest BCUT2D eigenvalue weighted by Crippen LogP contribution is 2.21. The van der Waals surface area contributed by atoms with Crippen molar-refractivity contribution in [3.8, 4) is 0 Å². The topological polar surface area (TPSA) is 66.9 Å². The Kier molecular flexibility index (Phi) is 4.45. The van der Waals surface area contributed by atoms with Gasteiger partial charge in [-0.15, -0.1) is 11.3 Å². The van der Waals surface area contributed by atoms with Gasteiger partial charge in [-0.3, -0.25) is 9.78 Å². The van der Waals surface area contributed by atoms with Crippen LogP contribution < -0.4 is 10.6 Å². The molecular formula is C15H18N4OS. The number of pyridine rings is 1. The predicted octanol–water partition coefficient (Wildman–Crippen LogP) is 3.34. The van der Waals surface area contributed by atoms with Crippen molar-refractivity contribution in [3.63, 3.8) is 0 Å². The lowest BCUT2D eigenvalue weighted by Crippen LogP contribution is -2.36. The largest absolute Gasteiger partial charge is 0.348 e.